The highest BCUT2D eigenvalue weighted by Gasteiger charge is 2.70. The van der Waals surface area contributed by atoms with Gasteiger partial charge in [0.15, 0.2) is 0 Å². The Hall–Kier alpha value is -1.65. The zero-order chi connectivity index (χ0) is 27.2. The molecule has 0 aliphatic heterocycles. The van der Waals surface area contributed by atoms with Gasteiger partial charge in [0.25, 0.3) is 0 Å². The second kappa shape index (κ2) is 8.18. The molecule has 0 bridgehead atoms. The molecule has 0 aromatic heterocycles. The van der Waals surface area contributed by atoms with Crippen molar-refractivity contribution in [2.24, 2.45) is 50.2 Å². The van der Waals surface area contributed by atoms with Crippen LogP contribution in [0.2, 0.25) is 0 Å². The fourth-order valence-corrected chi connectivity index (χ4v) is 10.8. The standard InChI is InChI=1S/C32H48O5/c1-20(33)37-19-29(5)23-10-13-31(7)24(28(23,4)12-11-25(29)34)9-8-21-22-18-27(2,3)14-16-32(22,26(35)36)17-15-30(21,31)6/h18,21,23-24H,8-17,19H2,1-7H3,(H,35,36)/t21-,23-,24-,28+,29-,30-,31-,32+/m1/s1. The van der Waals surface area contributed by atoms with Crippen LogP contribution < -0.4 is 0 Å². The van der Waals surface area contributed by atoms with E-state index in [-0.39, 0.29) is 45.9 Å². The number of rotatable bonds is 3. The molecule has 1 N–H and O–H groups in total. The fraction of sp³-hybridized carbons (Fsp3) is 0.844. The van der Waals surface area contributed by atoms with Crippen molar-refractivity contribution in [1.29, 1.82) is 0 Å². The maximum atomic E-state index is 13.3. The lowest BCUT2D eigenvalue weighted by atomic mass is 9.32. The minimum atomic E-state index is -0.691. The highest BCUT2D eigenvalue weighted by molar-refractivity contribution is 5.86. The molecule has 0 radical (unpaired) electrons. The molecule has 4 fully saturated rings. The summed E-state index contributed by atoms with van der Waals surface area (Å²) in [5.74, 6) is 0.288. The molecule has 5 aliphatic carbocycles. The van der Waals surface area contributed by atoms with Crippen molar-refractivity contribution in [3.63, 3.8) is 0 Å². The van der Waals surface area contributed by atoms with E-state index in [1.807, 2.05) is 6.92 Å². The van der Waals surface area contributed by atoms with E-state index in [9.17, 15) is 19.5 Å². The summed E-state index contributed by atoms with van der Waals surface area (Å²) in [6, 6.07) is 0. The number of esters is 1. The summed E-state index contributed by atoms with van der Waals surface area (Å²) in [6.45, 7) is 15.6. The first-order chi connectivity index (χ1) is 17.1. The number of hydrogen-bond acceptors (Lipinski definition) is 4. The van der Waals surface area contributed by atoms with Crippen molar-refractivity contribution < 1.29 is 24.2 Å². The predicted molar refractivity (Wildman–Crippen MR) is 143 cm³/mol. The minimum Gasteiger partial charge on any atom is -0.481 e. The molecule has 0 aromatic rings. The fourth-order valence-electron chi connectivity index (χ4n) is 10.8. The van der Waals surface area contributed by atoms with E-state index in [1.165, 1.54) is 12.5 Å². The van der Waals surface area contributed by atoms with E-state index < -0.39 is 16.8 Å². The summed E-state index contributed by atoms with van der Waals surface area (Å²) in [5.41, 5.74) is 0.0761. The normalized spacial score (nSPS) is 48.5. The molecule has 4 saturated carbocycles. The van der Waals surface area contributed by atoms with Crippen LogP contribution in [0, 0.1) is 50.2 Å². The first-order valence-corrected chi connectivity index (χ1v) is 14.7. The summed E-state index contributed by atoms with van der Waals surface area (Å²) >= 11 is 0. The van der Waals surface area contributed by atoms with Gasteiger partial charge in [-0.15, -0.1) is 0 Å². The Bertz CT molecular complexity index is 1060. The lowest BCUT2D eigenvalue weighted by Gasteiger charge is -2.71. The van der Waals surface area contributed by atoms with Crippen LogP contribution in [0.25, 0.3) is 0 Å². The topological polar surface area (TPSA) is 80.7 Å². The Balaban J connectivity index is 1.55. The van der Waals surface area contributed by atoms with Gasteiger partial charge >= 0.3 is 11.9 Å². The van der Waals surface area contributed by atoms with Gasteiger partial charge in [-0.1, -0.05) is 46.3 Å². The zero-order valence-corrected chi connectivity index (χ0v) is 24.2. The van der Waals surface area contributed by atoms with Crippen LogP contribution >= 0.6 is 0 Å². The van der Waals surface area contributed by atoms with Crippen LogP contribution in [-0.4, -0.2) is 29.4 Å². The average Bonchev–Trinajstić information content (AvgIpc) is 2.80. The van der Waals surface area contributed by atoms with Gasteiger partial charge in [-0.3, -0.25) is 14.4 Å². The van der Waals surface area contributed by atoms with Gasteiger partial charge in [0.2, 0.25) is 0 Å². The van der Waals surface area contributed by atoms with E-state index >= 15 is 0 Å². The minimum absolute atomic E-state index is 0.00530. The summed E-state index contributed by atoms with van der Waals surface area (Å²) in [5, 5.41) is 10.5. The number of ketones is 1. The quantitative estimate of drug-likeness (QED) is 0.326. The lowest BCUT2D eigenvalue weighted by Crippen LogP contribution is -2.66. The number of Topliss-reactive ketones (excluding diaryl/α,β-unsaturated/α-hetero) is 1. The number of carboxylic acids is 1. The molecule has 5 nitrogen and oxygen atoms in total. The third-order valence-corrected chi connectivity index (χ3v) is 13.2. The molecule has 0 aromatic carbocycles. The Kier molecular flexibility index (Phi) is 5.95. The molecule has 0 heterocycles. The predicted octanol–water partition coefficient (Wildman–Crippen LogP) is 6.99. The number of hydrogen-bond donors (Lipinski definition) is 1. The van der Waals surface area contributed by atoms with Gasteiger partial charge in [-0.2, -0.15) is 0 Å². The van der Waals surface area contributed by atoms with E-state index in [1.54, 1.807) is 0 Å². The molecule has 0 amide bonds. The molecule has 37 heavy (non-hydrogen) atoms. The summed E-state index contributed by atoms with van der Waals surface area (Å²) in [6.07, 6.45) is 11.3. The van der Waals surface area contributed by atoms with Crippen molar-refractivity contribution in [2.75, 3.05) is 6.61 Å². The number of carbonyl (C=O) groups excluding carboxylic acids is 2. The lowest BCUT2D eigenvalue weighted by molar-refractivity contribution is -0.219. The number of allylic oxidation sites excluding steroid dienone is 1. The Labute approximate surface area is 223 Å². The van der Waals surface area contributed by atoms with Crippen LogP contribution in [0.1, 0.15) is 113 Å². The zero-order valence-electron chi connectivity index (χ0n) is 24.2. The first kappa shape index (κ1) is 26.9. The smallest absolute Gasteiger partial charge is 0.313 e. The van der Waals surface area contributed by atoms with Crippen molar-refractivity contribution in [3.05, 3.63) is 11.6 Å². The Morgan fingerprint density at radius 3 is 2.22 bits per heavy atom. The van der Waals surface area contributed by atoms with Gasteiger partial charge in [0.1, 0.15) is 12.4 Å². The van der Waals surface area contributed by atoms with Gasteiger partial charge in [0, 0.05) is 13.3 Å². The molecule has 5 heteroatoms. The Morgan fingerprint density at radius 2 is 1.57 bits per heavy atom. The Morgan fingerprint density at radius 1 is 0.892 bits per heavy atom. The number of fused-ring (bicyclic) bond motifs is 7. The highest BCUT2D eigenvalue weighted by Crippen LogP contribution is 2.76. The molecule has 0 unspecified atom stereocenters. The van der Waals surface area contributed by atoms with Gasteiger partial charge in [-0.05, 0) is 104 Å². The maximum Gasteiger partial charge on any atom is 0.313 e. The summed E-state index contributed by atoms with van der Waals surface area (Å²) in [4.78, 5) is 37.8. The molecule has 0 saturated heterocycles. The molecule has 5 aliphatic rings. The van der Waals surface area contributed by atoms with Crippen LogP contribution in [0.5, 0.6) is 0 Å². The van der Waals surface area contributed by atoms with Crippen LogP contribution in [0.3, 0.4) is 0 Å². The SMILES string of the molecule is CC(=O)OC[C@@]1(C)C(=O)CC[C@@]2(C)[C@H]1CC[C@]1(C)[C@@H]2CC[C@@H]2C3=CC(C)(C)CC[C@]3(C(=O)O)CC[C@]21C. The van der Waals surface area contributed by atoms with Crippen LogP contribution in [0.15, 0.2) is 11.6 Å². The number of carbonyl (C=O) groups is 3. The maximum absolute atomic E-state index is 13.3. The van der Waals surface area contributed by atoms with Gasteiger partial charge in [0.05, 0.1) is 10.8 Å². The molecule has 5 rings (SSSR count). The first-order valence-electron chi connectivity index (χ1n) is 14.7. The molecular weight excluding hydrogens is 464 g/mol. The largest absolute Gasteiger partial charge is 0.481 e. The van der Waals surface area contributed by atoms with E-state index in [4.69, 9.17) is 4.74 Å². The monoisotopic (exact) mass is 512 g/mol. The molecule has 206 valence electrons. The number of carboxylic acid groups (broad SMARTS) is 1. The average molecular weight is 513 g/mol. The third kappa shape index (κ3) is 3.50. The van der Waals surface area contributed by atoms with Crippen LogP contribution in [0.4, 0.5) is 0 Å². The number of ether oxygens (including phenoxy) is 1. The third-order valence-electron chi connectivity index (χ3n) is 13.2. The van der Waals surface area contributed by atoms with E-state index in [0.717, 1.165) is 57.8 Å². The van der Waals surface area contributed by atoms with Gasteiger partial charge in [-0.25, -0.2) is 0 Å². The van der Waals surface area contributed by atoms with E-state index in [0.29, 0.717) is 18.3 Å². The highest BCUT2D eigenvalue weighted by atomic mass is 16.5. The van der Waals surface area contributed by atoms with Crippen molar-refractivity contribution in [1.82, 2.24) is 0 Å². The second-order valence-corrected chi connectivity index (χ2v) is 15.2. The van der Waals surface area contributed by atoms with Gasteiger partial charge < -0.3 is 9.84 Å². The molecule has 0 spiro atoms. The van der Waals surface area contributed by atoms with Crippen molar-refractivity contribution >= 4 is 17.7 Å². The van der Waals surface area contributed by atoms with Crippen LogP contribution in [-0.2, 0) is 19.1 Å². The second-order valence-electron chi connectivity index (χ2n) is 15.2. The van der Waals surface area contributed by atoms with E-state index in [2.05, 4.69) is 40.7 Å². The van der Waals surface area contributed by atoms with Crippen molar-refractivity contribution in [3.8, 4) is 0 Å². The molecule has 8 atom stereocenters. The summed E-state index contributed by atoms with van der Waals surface area (Å²) in [7, 11) is 0. The van der Waals surface area contributed by atoms with Crippen molar-refractivity contribution in [2.45, 2.75) is 113 Å². The number of aliphatic carboxylic acids is 1. The summed E-state index contributed by atoms with van der Waals surface area (Å²) < 4.78 is 5.51. The molecular formula is C32H48O5.